The zero-order valence-corrected chi connectivity index (χ0v) is 21.6. The number of hydroxylamine groups is 1. The number of nitrogens with zero attached hydrogens (tertiary/aromatic N) is 3. The Morgan fingerprint density at radius 1 is 0.825 bits per heavy atom. The smallest absolute Gasteiger partial charge is 0.356 e. The summed E-state index contributed by atoms with van der Waals surface area (Å²) in [5.41, 5.74) is 7.45. The topological polar surface area (TPSA) is 126 Å². The number of aromatic nitrogens is 3. The average molecular weight is 534 g/mol. The first kappa shape index (κ1) is 25.4. The molecule has 0 bridgehead atoms. The summed E-state index contributed by atoms with van der Waals surface area (Å²) < 4.78 is 0. The number of carboxylic acid groups (broad SMARTS) is 1. The molecule has 0 unspecified atom stereocenters. The van der Waals surface area contributed by atoms with E-state index >= 15 is 0 Å². The number of hydrogen-bond donors (Lipinski definition) is 3. The highest BCUT2D eigenvalue weighted by Crippen LogP contribution is 2.31. The van der Waals surface area contributed by atoms with E-state index in [9.17, 15) is 14.7 Å². The Labute approximate surface area is 230 Å². The number of benzene rings is 2. The van der Waals surface area contributed by atoms with Gasteiger partial charge in [-0.05, 0) is 62.1 Å². The van der Waals surface area contributed by atoms with Gasteiger partial charge < -0.3 is 15.3 Å². The highest BCUT2D eigenvalue weighted by atomic mass is 16.7. The summed E-state index contributed by atoms with van der Waals surface area (Å²) >= 11 is 0. The van der Waals surface area contributed by atoms with E-state index < -0.39 is 11.9 Å². The minimum Gasteiger partial charge on any atom is -0.478 e. The van der Waals surface area contributed by atoms with Crippen LogP contribution in [0.15, 0.2) is 85.2 Å². The fourth-order valence-corrected chi connectivity index (χ4v) is 5.08. The van der Waals surface area contributed by atoms with Crippen LogP contribution >= 0.6 is 0 Å². The number of carbonyl (C=O) groups is 2. The summed E-state index contributed by atoms with van der Waals surface area (Å²) in [6.07, 6.45) is 6.19. The largest absolute Gasteiger partial charge is 0.478 e. The quantitative estimate of drug-likeness (QED) is 0.228. The van der Waals surface area contributed by atoms with Gasteiger partial charge in [0.25, 0.3) is 0 Å². The average Bonchev–Trinajstić information content (AvgIpc) is 3.00. The van der Waals surface area contributed by atoms with E-state index in [0.717, 1.165) is 42.1 Å². The van der Waals surface area contributed by atoms with Crippen molar-refractivity contribution in [2.45, 2.75) is 37.8 Å². The molecule has 0 radical (unpaired) electrons. The molecule has 2 aromatic carbocycles. The molecule has 0 amide bonds. The van der Waals surface area contributed by atoms with Crippen LogP contribution in [0, 0.1) is 0 Å². The van der Waals surface area contributed by atoms with Gasteiger partial charge in [-0.25, -0.2) is 14.6 Å². The van der Waals surface area contributed by atoms with E-state index in [1.165, 1.54) is 6.20 Å². The molecule has 0 aliphatic heterocycles. The molecule has 6 rings (SSSR count). The Kier molecular flexibility index (Phi) is 7.03. The van der Waals surface area contributed by atoms with Crippen LogP contribution < -0.4 is 10.8 Å². The molecule has 200 valence electrons. The van der Waals surface area contributed by atoms with Gasteiger partial charge in [-0.15, -0.1) is 5.48 Å². The molecule has 3 N–H and O–H groups in total. The first-order valence-electron chi connectivity index (χ1n) is 13.2. The SMILES string of the molecule is O=C(ONC1CCC(Nc2c(C(=O)O)cnc3ccc(-c4cnc5ccccc5c4)nc23)CC1)c1ccccc1. The van der Waals surface area contributed by atoms with Crippen LogP contribution in [0.5, 0.6) is 0 Å². The second-order valence-corrected chi connectivity index (χ2v) is 9.90. The van der Waals surface area contributed by atoms with Gasteiger partial charge in [-0.2, -0.15) is 0 Å². The Bertz CT molecular complexity index is 1700. The minimum atomic E-state index is -1.07. The number of para-hydroxylation sites is 1. The molecule has 40 heavy (non-hydrogen) atoms. The maximum absolute atomic E-state index is 12.2. The fourth-order valence-electron chi connectivity index (χ4n) is 5.08. The van der Waals surface area contributed by atoms with Gasteiger partial charge in [0.2, 0.25) is 0 Å². The number of nitrogens with one attached hydrogen (secondary N) is 2. The molecule has 3 heterocycles. The number of carbonyl (C=O) groups excluding carboxylic acids is 1. The van der Waals surface area contributed by atoms with Crippen molar-refractivity contribution >= 4 is 39.6 Å². The second-order valence-electron chi connectivity index (χ2n) is 9.90. The predicted octanol–water partition coefficient (Wildman–Crippen LogP) is 5.63. The zero-order valence-electron chi connectivity index (χ0n) is 21.6. The van der Waals surface area contributed by atoms with Gasteiger partial charge in [-0.1, -0.05) is 36.4 Å². The summed E-state index contributed by atoms with van der Waals surface area (Å²) in [5, 5.41) is 14.4. The number of aromatic carboxylic acids is 1. The number of anilines is 1. The van der Waals surface area contributed by atoms with Crippen molar-refractivity contribution in [1.29, 1.82) is 0 Å². The van der Waals surface area contributed by atoms with E-state index in [0.29, 0.717) is 28.0 Å². The molecule has 0 saturated heterocycles. The van der Waals surface area contributed by atoms with Crippen molar-refractivity contribution in [2.24, 2.45) is 0 Å². The van der Waals surface area contributed by atoms with Crippen LogP contribution in [-0.2, 0) is 4.84 Å². The number of fused-ring (bicyclic) bond motifs is 2. The van der Waals surface area contributed by atoms with Gasteiger partial charge in [0.1, 0.15) is 11.1 Å². The number of rotatable bonds is 7. The van der Waals surface area contributed by atoms with E-state index in [2.05, 4.69) is 20.8 Å². The lowest BCUT2D eigenvalue weighted by atomic mass is 9.91. The summed E-state index contributed by atoms with van der Waals surface area (Å²) in [6, 6.07) is 22.5. The van der Waals surface area contributed by atoms with Crippen molar-refractivity contribution in [3.8, 4) is 11.3 Å². The van der Waals surface area contributed by atoms with Gasteiger partial charge in [0.15, 0.2) is 0 Å². The van der Waals surface area contributed by atoms with Crippen LogP contribution in [0.4, 0.5) is 5.69 Å². The lowest BCUT2D eigenvalue weighted by molar-refractivity contribution is 0.0110. The van der Waals surface area contributed by atoms with Crippen LogP contribution in [0.3, 0.4) is 0 Å². The van der Waals surface area contributed by atoms with Crippen LogP contribution in [0.25, 0.3) is 33.2 Å². The highest BCUT2D eigenvalue weighted by Gasteiger charge is 2.25. The Morgan fingerprint density at radius 2 is 1.55 bits per heavy atom. The molecule has 5 aromatic rings. The van der Waals surface area contributed by atoms with E-state index in [-0.39, 0.29) is 17.6 Å². The molecule has 9 heteroatoms. The summed E-state index contributed by atoms with van der Waals surface area (Å²) in [5.74, 6) is -1.49. The molecule has 0 spiro atoms. The van der Waals surface area contributed by atoms with E-state index in [1.54, 1.807) is 30.5 Å². The number of pyridine rings is 3. The van der Waals surface area contributed by atoms with Crippen molar-refractivity contribution in [3.63, 3.8) is 0 Å². The van der Waals surface area contributed by atoms with Gasteiger partial charge >= 0.3 is 11.9 Å². The molecule has 3 aromatic heterocycles. The standard InChI is InChI=1S/C31H27N5O4/c37-30(38)24-18-33-27-15-14-26(21-16-20-8-4-5-9-25(20)32-17-21)35-29(27)28(24)34-22-10-12-23(13-11-22)36-40-31(39)19-6-2-1-3-7-19/h1-9,14-18,22-23,36H,10-13H2,(H,33,34)(H,37,38). The Hall–Kier alpha value is -4.89. The van der Waals surface area contributed by atoms with Crippen LogP contribution in [0.2, 0.25) is 0 Å². The third kappa shape index (κ3) is 5.32. The van der Waals surface area contributed by atoms with Crippen molar-refractivity contribution < 1.29 is 19.5 Å². The lowest BCUT2D eigenvalue weighted by Crippen LogP contribution is -2.38. The third-order valence-corrected chi connectivity index (χ3v) is 7.23. The van der Waals surface area contributed by atoms with Gasteiger partial charge in [0, 0.05) is 35.4 Å². The third-order valence-electron chi connectivity index (χ3n) is 7.23. The van der Waals surface area contributed by atoms with Crippen molar-refractivity contribution in [2.75, 3.05) is 5.32 Å². The lowest BCUT2D eigenvalue weighted by Gasteiger charge is -2.30. The summed E-state index contributed by atoms with van der Waals surface area (Å²) in [7, 11) is 0. The fraction of sp³-hybridized carbons (Fsp3) is 0.194. The van der Waals surface area contributed by atoms with Crippen LogP contribution in [-0.4, -0.2) is 44.1 Å². The second kappa shape index (κ2) is 11.1. The molecular weight excluding hydrogens is 506 g/mol. The maximum Gasteiger partial charge on any atom is 0.356 e. The van der Waals surface area contributed by atoms with Crippen molar-refractivity contribution in [1.82, 2.24) is 20.4 Å². The molecule has 9 nitrogen and oxygen atoms in total. The minimum absolute atomic E-state index is 0.0176. The van der Waals surface area contributed by atoms with E-state index in [1.807, 2.05) is 48.5 Å². The highest BCUT2D eigenvalue weighted by molar-refractivity contribution is 6.03. The monoisotopic (exact) mass is 533 g/mol. The zero-order chi connectivity index (χ0) is 27.5. The molecule has 0 atom stereocenters. The Balaban J connectivity index is 1.20. The Morgan fingerprint density at radius 3 is 2.35 bits per heavy atom. The molecule has 1 fully saturated rings. The molecule has 1 aliphatic carbocycles. The maximum atomic E-state index is 12.2. The first-order chi connectivity index (χ1) is 19.5. The number of carboxylic acids is 1. The molecule has 1 aliphatic rings. The van der Waals surface area contributed by atoms with Gasteiger partial charge in [-0.3, -0.25) is 9.97 Å². The summed E-state index contributed by atoms with van der Waals surface area (Å²) in [6.45, 7) is 0. The first-order valence-corrected chi connectivity index (χ1v) is 13.2. The van der Waals surface area contributed by atoms with E-state index in [4.69, 9.17) is 9.82 Å². The van der Waals surface area contributed by atoms with Crippen molar-refractivity contribution in [3.05, 3.63) is 96.3 Å². The normalized spacial score (nSPS) is 17.0. The number of hydrogen-bond acceptors (Lipinski definition) is 8. The van der Waals surface area contributed by atoms with Gasteiger partial charge in [0.05, 0.1) is 28.0 Å². The van der Waals surface area contributed by atoms with Crippen LogP contribution in [0.1, 0.15) is 46.4 Å². The predicted molar refractivity (Wildman–Crippen MR) is 152 cm³/mol. The molecular formula is C31H27N5O4. The molecule has 1 saturated carbocycles. The summed E-state index contributed by atoms with van der Waals surface area (Å²) in [4.78, 5) is 43.5.